The lowest BCUT2D eigenvalue weighted by Crippen LogP contribution is -2.36. The lowest BCUT2D eigenvalue weighted by atomic mass is 10.2. The lowest BCUT2D eigenvalue weighted by Gasteiger charge is -2.28. The van der Waals surface area contributed by atoms with Crippen LogP contribution >= 0.6 is 0 Å². The number of ether oxygens (including phenoxy) is 2. The normalized spacial score (nSPS) is 14.8. The summed E-state index contributed by atoms with van der Waals surface area (Å²) in [6, 6.07) is 20.0. The van der Waals surface area contributed by atoms with E-state index in [0.29, 0.717) is 17.1 Å². The van der Waals surface area contributed by atoms with Gasteiger partial charge in [-0.1, -0.05) is 0 Å². The molecule has 33 heavy (non-hydrogen) atoms. The van der Waals surface area contributed by atoms with Crippen LogP contribution in [0.2, 0.25) is 0 Å². The molecule has 0 saturated carbocycles. The van der Waals surface area contributed by atoms with Crippen LogP contribution in [0.4, 0.5) is 41.6 Å². The molecule has 0 atom stereocenters. The number of hydrogen-bond donors (Lipinski definition) is 0. The van der Waals surface area contributed by atoms with Crippen LogP contribution in [0.1, 0.15) is 0 Å². The Morgan fingerprint density at radius 3 is 1.45 bits per heavy atom. The maximum atomic E-state index is 12.2. The van der Waals surface area contributed by atoms with Gasteiger partial charge in [0.25, 0.3) is 0 Å². The Balaban J connectivity index is 1.33. The highest BCUT2D eigenvalue weighted by Crippen LogP contribution is 2.27. The van der Waals surface area contributed by atoms with Crippen LogP contribution in [0.15, 0.2) is 93.3 Å². The minimum Gasteiger partial charge on any atom is -0.406 e. The molecule has 0 aliphatic carbocycles. The zero-order valence-corrected chi connectivity index (χ0v) is 17.4. The van der Waals surface area contributed by atoms with Gasteiger partial charge in [0.05, 0.1) is 36.0 Å². The maximum absolute atomic E-state index is 12.2. The summed E-state index contributed by atoms with van der Waals surface area (Å²) < 4.78 is 45.8. The van der Waals surface area contributed by atoms with E-state index in [0.717, 1.165) is 37.7 Å². The van der Waals surface area contributed by atoms with E-state index in [1.165, 1.54) is 24.3 Å². The third kappa shape index (κ3) is 6.84. The zero-order valence-electron chi connectivity index (χ0n) is 17.4. The molecule has 0 amide bonds. The van der Waals surface area contributed by atoms with Gasteiger partial charge in [-0.15, -0.1) is 13.2 Å². The van der Waals surface area contributed by atoms with Gasteiger partial charge in [0.1, 0.15) is 5.75 Å². The second kappa shape index (κ2) is 10.2. The van der Waals surface area contributed by atoms with Gasteiger partial charge in [0, 0.05) is 18.8 Å². The van der Waals surface area contributed by atoms with E-state index < -0.39 is 6.36 Å². The van der Waals surface area contributed by atoms with E-state index in [2.05, 4.69) is 30.1 Å². The van der Waals surface area contributed by atoms with Gasteiger partial charge in [0.2, 0.25) is 0 Å². The number of azo groups is 2. The first-order valence-corrected chi connectivity index (χ1v) is 10.2. The van der Waals surface area contributed by atoms with Crippen molar-refractivity contribution in [3.63, 3.8) is 0 Å². The highest BCUT2D eigenvalue weighted by Gasteiger charge is 2.30. The summed E-state index contributed by atoms with van der Waals surface area (Å²) in [4.78, 5) is 2.27. The van der Waals surface area contributed by atoms with Crippen molar-refractivity contribution in [3.8, 4) is 5.75 Å². The number of hydrogen-bond acceptors (Lipinski definition) is 7. The molecule has 7 nitrogen and oxygen atoms in total. The third-order valence-corrected chi connectivity index (χ3v) is 4.71. The first-order valence-electron chi connectivity index (χ1n) is 10.2. The topological polar surface area (TPSA) is 71.1 Å². The number of anilines is 1. The van der Waals surface area contributed by atoms with E-state index in [4.69, 9.17) is 4.74 Å². The fourth-order valence-electron chi connectivity index (χ4n) is 3.08. The van der Waals surface area contributed by atoms with Gasteiger partial charge < -0.3 is 14.4 Å². The average Bonchev–Trinajstić information content (AvgIpc) is 2.83. The molecule has 0 unspecified atom stereocenters. The molecule has 1 saturated heterocycles. The van der Waals surface area contributed by atoms with Crippen LogP contribution in [0, 0.1) is 0 Å². The molecule has 170 valence electrons. The molecule has 0 aromatic heterocycles. The minimum atomic E-state index is -4.73. The Morgan fingerprint density at radius 2 is 1.03 bits per heavy atom. The Labute approximate surface area is 188 Å². The molecule has 0 radical (unpaired) electrons. The van der Waals surface area contributed by atoms with Gasteiger partial charge >= 0.3 is 6.36 Å². The van der Waals surface area contributed by atoms with Gasteiger partial charge in [-0.3, -0.25) is 0 Å². The highest BCUT2D eigenvalue weighted by molar-refractivity contribution is 5.53. The van der Waals surface area contributed by atoms with Crippen molar-refractivity contribution in [1.29, 1.82) is 0 Å². The molecule has 1 aliphatic heterocycles. The van der Waals surface area contributed by atoms with Gasteiger partial charge in [-0.2, -0.15) is 20.5 Å². The Bertz CT molecular complexity index is 1090. The molecular formula is C23H20F3N5O2. The van der Waals surface area contributed by atoms with Crippen molar-refractivity contribution in [2.45, 2.75) is 6.36 Å². The molecule has 4 rings (SSSR count). The van der Waals surface area contributed by atoms with Crippen LogP contribution in [0.25, 0.3) is 0 Å². The van der Waals surface area contributed by atoms with Crippen molar-refractivity contribution in [2.24, 2.45) is 20.5 Å². The quantitative estimate of drug-likeness (QED) is 0.368. The second-order valence-electron chi connectivity index (χ2n) is 7.07. The van der Waals surface area contributed by atoms with E-state index in [9.17, 15) is 13.2 Å². The minimum absolute atomic E-state index is 0.313. The van der Waals surface area contributed by atoms with Crippen molar-refractivity contribution < 1.29 is 22.6 Å². The molecule has 0 N–H and O–H groups in total. The summed E-state index contributed by atoms with van der Waals surface area (Å²) in [7, 11) is 0. The summed E-state index contributed by atoms with van der Waals surface area (Å²) in [5.41, 5.74) is 3.50. The summed E-state index contributed by atoms with van der Waals surface area (Å²) in [5, 5.41) is 16.6. The number of halogens is 3. The largest absolute Gasteiger partial charge is 0.573 e. The molecule has 1 heterocycles. The maximum Gasteiger partial charge on any atom is 0.573 e. The summed E-state index contributed by atoms with van der Waals surface area (Å²) in [6.07, 6.45) is -4.73. The standard InChI is InChI=1S/C23H20F3N5O2/c24-23(25,26)33-22-11-7-20(8-12-22)30-28-18-3-1-17(2-4-18)27-29-19-5-9-21(10-6-19)31-13-15-32-16-14-31/h1-12H,13-16H2. The van der Waals surface area contributed by atoms with Crippen LogP contribution in [0.3, 0.4) is 0 Å². The molecular weight excluding hydrogens is 435 g/mol. The van der Waals surface area contributed by atoms with Gasteiger partial charge in [0.15, 0.2) is 0 Å². The predicted octanol–water partition coefficient (Wildman–Crippen LogP) is 7.25. The summed E-state index contributed by atoms with van der Waals surface area (Å²) in [6.45, 7) is 3.23. The fourth-order valence-corrected chi connectivity index (χ4v) is 3.08. The number of rotatable bonds is 6. The number of alkyl halides is 3. The molecule has 3 aromatic carbocycles. The first kappa shape index (κ1) is 22.4. The van der Waals surface area contributed by atoms with Crippen LogP contribution in [-0.2, 0) is 4.74 Å². The van der Waals surface area contributed by atoms with Crippen molar-refractivity contribution in [1.82, 2.24) is 0 Å². The smallest absolute Gasteiger partial charge is 0.406 e. The third-order valence-electron chi connectivity index (χ3n) is 4.71. The van der Waals surface area contributed by atoms with Crippen molar-refractivity contribution in [3.05, 3.63) is 72.8 Å². The molecule has 1 aliphatic rings. The van der Waals surface area contributed by atoms with Crippen molar-refractivity contribution in [2.75, 3.05) is 31.2 Å². The predicted molar refractivity (Wildman–Crippen MR) is 117 cm³/mol. The van der Waals surface area contributed by atoms with Crippen LogP contribution < -0.4 is 9.64 Å². The summed E-state index contributed by atoms with van der Waals surface area (Å²) in [5.74, 6) is -0.313. The van der Waals surface area contributed by atoms with E-state index in [1.807, 2.05) is 24.3 Å². The first-order chi connectivity index (χ1) is 15.9. The SMILES string of the molecule is FC(F)(F)Oc1ccc(N=Nc2ccc(N=Nc3ccc(N4CCOCC4)cc3)cc2)cc1. The number of nitrogens with zero attached hydrogens (tertiary/aromatic N) is 5. The molecule has 10 heteroatoms. The number of morpholine rings is 1. The molecule has 3 aromatic rings. The second-order valence-corrected chi connectivity index (χ2v) is 7.07. The summed E-state index contributed by atoms with van der Waals surface area (Å²) >= 11 is 0. The average molecular weight is 455 g/mol. The molecule has 1 fully saturated rings. The van der Waals surface area contributed by atoms with Crippen LogP contribution in [-0.4, -0.2) is 32.7 Å². The molecule has 0 bridgehead atoms. The van der Waals surface area contributed by atoms with Crippen molar-refractivity contribution >= 4 is 28.4 Å². The van der Waals surface area contributed by atoms with E-state index in [-0.39, 0.29) is 5.75 Å². The lowest BCUT2D eigenvalue weighted by molar-refractivity contribution is -0.274. The van der Waals surface area contributed by atoms with Gasteiger partial charge in [-0.05, 0) is 72.8 Å². The van der Waals surface area contributed by atoms with E-state index in [1.54, 1.807) is 24.3 Å². The van der Waals surface area contributed by atoms with E-state index >= 15 is 0 Å². The Hall–Kier alpha value is -3.79. The van der Waals surface area contributed by atoms with Crippen LogP contribution in [0.5, 0.6) is 5.75 Å². The number of benzene rings is 3. The van der Waals surface area contributed by atoms with Gasteiger partial charge in [-0.25, -0.2) is 0 Å². The highest BCUT2D eigenvalue weighted by atomic mass is 19.4. The molecule has 0 spiro atoms. The monoisotopic (exact) mass is 455 g/mol. The Morgan fingerprint density at radius 1 is 0.636 bits per heavy atom. The zero-order chi connectivity index (χ0) is 23.1. The Kier molecular flexibility index (Phi) is 6.94. The fraction of sp³-hybridized carbons (Fsp3) is 0.217.